The molecule has 0 fully saturated rings. The van der Waals surface area contributed by atoms with Crippen LogP contribution in [0.5, 0.6) is 0 Å². The fraction of sp³-hybridized carbons (Fsp3) is 0.238. The normalized spacial score (nSPS) is 11.4. The van der Waals surface area contributed by atoms with E-state index in [2.05, 4.69) is 20.5 Å². The second-order valence-corrected chi connectivity index (χ2v) is 7.24. The first-order valence-electron chi connectivity index (χ1n) is 9.29. The third-order valence-corrected chi connectivity index (χ3v) is 4.79. The van der Waals surface area contributed by atoms with Gasteiger partial charge in [-0.2, -0.15) is 10.2 Å². The molecule has 0 aliphatic heterocycles. The molecule has 7 nitrogen and oxygen atoms in total. The number of fused-ring (bicyclic) bond motifs is 1. The summed E-state index contributed by atoms with van der Waals surface area (Å²) in [6.45, 7) is 5.88. The van der Waals surface area contributed by atoms with Crippen LogP contribution in [0.1, 0.15) is 41.5 Å². The molecule has 29 heavy (non-hydrogen) atoms. The van der Waals surface area contributed by atoms with Crippen LogP contribution in [0.4, 0.5) is 10.1 Å². The Kier molecular flexibility index (Phi) is 4.62. The molecular weight excluding hydrogens is 371 g/mol. The first-order valence-corrected chi connectivity index (χ1v) is 9.29. The van der Waals surface area contributed by atoms with Gasteiger partial charge in [-0.3, -0.25) is 9.48 Å². The van der Waals surface area contributed by atoms with Gasteiger partial charge in [0.15, 0.2) is 5.65 Å². The van der Waals surface area contributed by atoms with Crippen molar-refractivity contribution in [3.63, 3.8) is 0 Å². The fourth-order valence-corrected chi connectivity index (χ4v) is 3.45. The zero-order valence-electron chi connectivity index (χ0n) is 16.6. The van der Waals surface area contributed by atoms with Gasteiger partial charge in [-0.05, 0) is 43.2 Å². The average Bonchev–Trinajstić information content (AvgIpc) is 3.24. The van der Waals surface area contributed by atoms with Crippen LogP contribution in [-0.4, -0.2) is 30.5 Å². The number of carbonyl (C=O) groups excluding carboxylic acids is 1. The zero-order valence-corrected chi connectivity index (χ0v) is 16.6. The molecule has 0 unspecified atom stereocenters. The number of nitrogens with one attached hydrogen (secondary N) is 1. The van der Waals surface area contributed by atoms with Crippen LogP contribution in [0.25, 0.3) is 16.7 Å². The lowest BCUT2D eigenvalue weighted by molar-refractivity contribution is 0.102. The number of aromatic nitrogens is 5. The van der Waals surface area contributed by atoms with Gasteiger partial charge in [0.1, 0.15) is 5.82 Å². The Balaban J connectivity index is 1.68. The summed E-state index contributed by atoms with van der Waals surface area (Å²) in [6.07, 6.45) is 3.15. The van der Waals surface area contributed by atoms with Crippen LogP contribution < -0.4 is 5.32 Å². The summed E-state index contributed by atoms with van der Waals surface area (Å²) in [4.78, 5) is 17.4. The molecule has 4 rings (SSSR count). The third kappa shape index (κ3) is 3.37. The van der Waals surface area contributed by atoms with E-state index >= 15 is 0 Å². The molecule has 0 radical (unpaired) electrons. The number of hydrogen-bond donors (Lipinski definition) is 1. The number of carbonyl (C=O) groups is 1. The van der Waals surface area contributed by atoms with Crippen molar-refractivity contribution in [1.82, 2.24) is 24.5 Å². The Labute approximate surface area is 167 Å². The first kappa shape index (κ1) is 18.8. The molecule has 0 spiro atoms. The molecule has 0 aliphatic rings. The van der Waals surface area contributed by atoms with E-state index in [4.69, 9.17) is 0 Å². The molecule has 0 saturated carbocycles. The SMILES string of the molecule is Cc1nn(C)c2ncc(NC(=O)c3cnn(-c4ccc(F)cc4)c3C(C)C)cc12. The van der Waals surface area contributed by atoms with Crippen molar-refractivity contribution in [3.05, 3.63) is 65.5 Å². The van der Waals surface area contributed by atoms with Crippen LogP contribution in [0, 0.1) is 12.7 Å². The molecular formula is C21H21FN6O. The number of pyridine rings is 1. The number of aryl methyl sites for hydroxylation is 2. The lowest BCUT2D eigenvalue weighted by Crippen LogP contribution is -2.15. The molecule has 1 aromatic carbocycles. The van der Waals surface area contributed by atoms with Gasteiger partial charge >= 0.3 is 0 Å². The summed E-state index contributed by atoms with van der Waals surface area (Å²) in [5.74, 6) is -0.562. The highest BCUT2D eigenvalue weighted by Crippen LogP contribution is 2.25. The van der Waals surface area contributed by atoms with E-state index < -0.39 is 0 Å². The lowest BCUT2D eigenvalue weighted by Gasteiger charge is -2.13. The van der Waals surface area contributed by atoms with Crippen LogP contribution in [0.3, 0.4) is 0 Å². The zero-order chi connectivity index (χ0) is 20.7. The van der Waals surface area contributed by atoms with Crippen molar-refractivity contribution in [2.75, 3.05) is 5.32 Å². The predicted octanol–water partition coefficient (Wildman–Crippen LogP) is 3.98. The van der Waals surface area contributed by atoms with Crippen LogP contribution in [0.2, 0.25) is 0 Å². The van der Waals surface area contributed by atoms with Crippen molar-refractivity contribution in [1.29, 1.82) is 0 Å². The fourth-order valence-electron chi connectivity index (χ4n) is 3.45. The molecule has 0 bridgehead atoms. The predicted molar refractivity (Wildman–Crippen MR) is 109 cm³/mol. The average molecular weight is 392 g/mol. The minimum Gasteiger partial charge on any atom is -0.320 e. The largest absolute Gasteiger partial charge is 0.320 e. The Morgan fingerprint density at radius 3 is 2.59 bits per heavy atom. The highest BCUT2D eigenvalue weighted by atomic mass is 19.1. The van der Waals surface area contributed by atoms with Crippen molar-refractivity contribution in [2.45, 2.75) is 26.7 Å². The van der Waals surface area contributed by atoms with Gasteiger partial charge in [0.25, 0.3) is 5.91 Å². The van der Waals surface area contributed by atoms with E-state index in [-0.39, 0.29) is 17.6 Å². The quantitative estimate of drug-likeness (QED) is 0.570. The van der Waals surface area contributed by atoms with Gasteiger partial charge in [-0.25, -0.2) is 14.1 Å². The standard InChI is InChI=1S/C21H21FN6O/c1-12(2)19-18(11-24-28(19)16-7-5-14(22)6-8-16)21(29)25-15-9-17-13(3)26-27(4)20(17)23-10-15/h5-12H,1-4H3,(H,25,29). The monoisotopic (exact) mass is 392 g/mol. The highest BCUT2D eigenvalue weighted by molar-refractivity contribution is 6.05. The Morgan fingerprint density at radius 1 is 1.17 bits per heavy atom. The molecule has 148 valence electrons. The van der Waals surface area contributed by atoms with Crippen LogP contribution in [0.15, 0.2) is 42.7 Å². The molecule has 4 aromatic rings. The minimum absolute atomic E-state index is 0.0319. The maximum absolute atomic E-state index is 13.3. The topological polar surface area (TPSA) is 77.6 Å². The second-order valence-electron chi connectivity index (χ2n) is 7.24. The summed E-state index contributed by atoms with van der Waals surface area (Å²) >= 11 is 0. The summed E-state index contributed by atoms with van der Waals surface area (Å²) in [5, 5.41) is 12.5. The lowest BCUT2D eigenvalue weighted by atomic mass is 10.0. The van der Waals surface area contributed by atoms with E-state index in [1.54, 1.807) is 27.7 Å². The number of anilines is 1. The van der Waals surface area contributed by atoms with Crippen molar-refractivity contribution < 1.29 is 9.18 Å². The maximum atomic E-state index is 13.3. The number of benzene rings is 1. The van der Waals surface area contributed by atoms with E-state index in [9.17, 15) is 9.18 Å². The van der Waals surface area contributed by atoms with E-state index in [1.807, 2.05) is 33.9 Å². The Bertz CT molecular complexity index is 1210. The summed E-state index contributed by atoms with van der Waals surface area (Å²) in [6, 6.07) is 7.88. The molecule has 0 atom stereocenters. The molecule has 8 heteroatoms. The molecule has 3 aromatic heterocycles. The molecule has 1 N–H and O–H groups in total. The Hall–Kier alpha value is -3.55. The first-order chi connectivity index (χ1) is 13.8. The highest BCUT2D eigenvalue weighted by Gasteiger charge is 2.21. The van der Waals surface area contributed by atoms with E-state index in [0.717, 1.165) is 22.4 Å². The van der Waals surface area contributed by atoms with Gasteiger partial charge in [0.05, 0.1) is 40.7 Å². The number of nitrogens with zero attached hydrogens (tertiary/aromatic N) is 5. The van der Waals surface area contributed by atoms with Gasteiger partial charge in [-0.15, -0.1) is 0 Å². The summed E-state index contributed by atoms with van der Waals surface area (Å²) in [7, 11) is 1.83. The van der Waals surface area contributed by atoms with Crippen LogP contribution >= 0.6 is 0 Å². The number of amides is 1. The van der Waals surface area contributed by atoms with E-state index in [0.29, 0.717) is 16.9 Å². The molecule has 0 aliphatic carbocycles. The number of halogens is 1. The number of hydrogen-bond acceptors (Lipinski definition) is 4. The van der Waals surface area contributed by atoms with Gasteiger partial charge in [-0.1, -0.05) is 13.8 Å². The molecule has 0 saturated heterocycles. The molecule has 3 heterocycles. The minimum atomic E-state index is -0.321. The number of rotatable bonds is 4. The smallest absolute Gasteiger partial charge is 0.259 e. The van der Waals surface area contributed by atoms with Crippen molar-refractivity contribution in [3.8, 4) is 5.69 Å². The van der Waals surface area contributed by atoms with Gasteiger partial charge in [0.2, 0.25) is 0 Å². The second kappa shape index (κ2) is 7.12. The van der Waals surface area contributed by atoms with Crippen molar-refractivity contribution >= 4 is 22.6 Å². The van der Waals surface area contributed by atoms with Gasteiger partial charge < -0.3 is 5.32 Å². The van der Waals surface area contributed by atoms with Gasteiger partial charge in [0, 0.05) is 12.4 Å². The molecule has 1 amide bonds. The maximum Gasteiger partial charge on any atom is 0.259 e. The van der Waals surface area contributed by atoms with Crippen molar-refractivity contribution in [2.24, 2.45) is 7.05 Å². The van der Waals surface area contributed by atoms with E-state index in [1.165, 1.54) is 18.3 Å². The third-order valence-electron chi connectivity index (χ3n) is 4.79. The summed E-state index contributed by atoms with van der Waals surface area (Å²) in [5.41, 5.74) is 4.10. The van der Waals surface area contributed by atoms with Crippen LogP contribution in [-0.2, 0) is 7.05 Å². The Morgan fingerprint density at radius 2 is 1.90 bits per heavy atom. The summed E-state index contributed by atoms with van der Waals surface area (Å²) < 4.78 is 16.7.